The molecule has 0 bridgehead atoms. The molecule has 0 radical (unpaired) electrons. The van der Waals surface area contributed by atoms with E-state index >= 15 is 0 Å². The maximum atomic E-state index is 3.83. The molecule has 19 heavy (non-hydrogen) atoms. The summed E-state index contributed by atoms with van der Waals surface area (Å²) in [5, 5.41) is 3.83. The second-order valence-corrected chi connectivity index (χ2v) is 7.30. The van der Waals surface area contributed by atoms with Crippen molar-refractivity contribution in [1.29, 1.82) is 0 Å². The van der Waals surface area contributed by atoms with Crippen molar-refractivity contribution in [2.75, 3.05) is 19.6 Å². The molecule has 2 nitrogen and oxygen atoms in total. The van der Waals surface area contributed by atoms with Crippen molar-refractivity contribution in [2.24, 2.45) is 11.8 Å². The highest BCUT2D eigenvalue weighted by atomic mass is 15.3. The number of nitrogens with zero attached hydrogens (tertiary/aromatic N) is 1. The van der Waals surface area contributed by atoms with Gasteiger partial charge >= 0.3 is 0 Å². The van der Waals surface area contributed by atoms with E-state index in [0.29, 0.717) is 5.54 Å². The summed E-state index contributed by atoms with van der Waals surface area (Å²) in [6, 6.07) is 0.727. The third-order valence-electron chi connectivity index (χ3n) is 5.32. The predicted molar refractivity (Wildman–Crippen MR) is 83.5 cm³/mol. The normalized spacial score (nSPS) is 34.4. The molecule has 0 spiro atoms. The van der Waals surface area contributed by atoms with Crippen LogP contribution in [0.5, 0.6) is 0 Å². The van der Waals surface area contributed by atoms with E-state index in [4.69, 9.17) is 0 Å². The lowest BCUT2D eigenvalue weighted by atomic mass is 9.87. The minimum absolute atomic E-state index is 0.437. The summed E-state index contributed by atoms with van der Waals surface area (Å²) in [6.07, 6.45) is 8.25. The van der Waals surface area contributed by atoms with Gasteiger partial charge in [-0.15, -0.1) is 0 Å². The van der Waals surface area contributed by atoms with Gasteiger partial charge < -0.3 is 5.32 Å². The van der Waals surface area contributed by atoms with E-state index < -0.39 is 0 Å². The van der Waals surface area contributed by atoms with Gasteiger partial charge in [0.1, 0.15) is 0 Å². The molecule has 2 aliphatic rings. The topological polar surface area (TPSA) is 15.3 Å². The molecule has 1 aliphatic heterocycles. The molecular weight excluding hydrogens is 232 g/mol. The van der Waals surface area contributed by atoms with Gasteiger partial charge in [0.05, 0.1) is 0 Å². The molecule has 0 aromatic heterocycles. The number of piperazine rings is 1. The summed E-state index contributed by atoms with van der Waals surface area (Å²) in [6.45, 7) is 13.4. The quantitative estimate of drug-likeness (QED) is 0.756. The van der Waals surface area contributed by atoms with Crippen LogP contribution in [0.3, 0.4) is 0 Å². The molecule has 2 fully saturated rings. The fraction of sp³-hybridized carbons (Fsp3) is 1.00. The number of rotatable bonds is 7. The number of hydrogen-bond donors (Lipinski definition) is 1. The molecule has 3 atom stereocenters. The fourth-order valence-corrected chi connectivity index (χ4v) is 3.89. The molecule has 1 saturated carbocycles. The highest BCUT2D eigenvalue weighted by Crippen LogP contribution is 2.44. The zero-order valence-electron chi connectivity index (χ0n) is 13.5. The molecule has 2 rings (SSSR count). The Labute approximate surface area is 120 Å². The largest absolute Gasteiger partial charge is 0.311 e. The lowest BCUT2D eigenvalue weighted by molar-refractivity contribution is 0.0210. The van der Waals surface area contributed by atoms with E-state index in [1.807, 2.05) is 0 Å². The summed E-state index contributed by atoms with van der Waals surface area (Å²) in [5.41, 5.74) is 0.437. The summed E-state index contributed by atoms with van der Waals surface area (Å²) in [5.74, 6) is 1.81. The van der Waals surface area contributed by atoms with Crippen LogP contribution >= 0.6 is 0 Å². The Morgan fingerprint density at radius 1 is 1.26 bits per heavy atom. The third-order valence-corrected chi connectivity index (χ3v) is 5.32. The van der Waals surface area contributed by atoms with Crippen molar-refractivity contribution in [2.45, 2.75) is 77.8 Å². The van der Waals surface area contributed by atoms with Crippen molar-refractivity contribution >= 4 is 0 Å². The predicted octanol–water partition coefficient (Wildman–Crippen LogP) is 3.67. The Kier molecular flexibility index (Phi) is 5.30. The summed E-state index contributed by atoms with van der Waals surface area (Å²) < 4.78 is 0. The zero-order valence-corrected chi connectivity index (χ0v) is 13.5. The van der Waals surface area contributed by atoms with E-state index in [2.05, 4.69) is 37.9 Å². The first-order valence-electron chi connectivity index (χ1n) is 8.58. The molecule has 3 unspecified atom stereocenters. The zero-order chi connectivity index (χ0) is 13.9. The molecule has 1 N–H and O–H groups in total. The van der Waals surface area contributed by atoms with Gasteiger partial charge in [0.15, 0.2) is 0 Å². The summed E-state index contributed by atoms with van der Waals surface area (Å²) >= 11 is 0. The maximum absolute atomic E-state index is 3.83. The molecule has 1 aliphatic carbocycles. The second-order valence-electron chi connectivity index (χ2n) is 7.30. The van der Waals surface area contributed by atoms with Gasteiger partial charge in [-0.3, -0.25) is 4.90 Å². The molecule has 1 saturated heterocycles. The standard InChI is InChI=1S/C17H34N2/c1-5-7-14(3)11-19-12-16(8-6-2)18-13-17(19,4)15-9-10-15/h14-16,18H,5-13H2,1-4H3. The van der Waals surface area contributed by atoms with Crippen LogP contribution in [-0.4, -0.2) is 36.1 Å². The molecule has 0 amide bonds. The first-order valence-corrected chi connectivity index (χ1v) is 8.58. The lowest BCUT2D eigenvalue weighted by Crippen LogP contribution is -2.65. The van der Waals surface area contributed by atoms with Gasteiger partial charge in [-0.2, -0.15) is 0 Å². The average molecular weight is 266 g/mol. The maximum Gasteiger partial charge on any atom is 0.0334 e. The van der Waals surface area contributed by atoms with Gasteiger partial charge in [0.2, 0.25) is 0 Å². The highest BCUT2D eigenvalue weighted by molar-refractivity contribution is 5.05. The van der Waals surface area contributed by atoms with Crippen molar-refractivity contribution in [3.05, 3.63) is 0 Å². The molecular formula is C17H34N2. The van der Waals surface area contributed by atoms with Crippen LogP contribution < -0.4 is 5.32 Å². The van der Waals surface area contributed by atoms with Crippen LogP contribution in [0.1, 0.15) is 66.2 Å². The van der Waals surface area contributed by atoms with Crippen LogP contribution in [0.25, 0.3) is 0 Å². The number of hydrogen-bond acceptors (Lipinski definition) is 2. The highest BCUT2D eigenvalue weighted by Gasteiger charge is 2.48. The molecule has 112 valence electrons. The van der Waals surface area contributed by atoms with E-state index in [1.54, 1.807) is 0 Å². The smallest absolute Gasteiger partial charge is 0.0334 e. The Hall–Kier alpha value is -0.0800. The lowest BCUT2D eigenvalue weighted by Gasteiger charge is -2.49. The molecule has 0 aromatic rings. The van der Waals surface area contributed by atoms with Gasteiger partial charge in [-0.1, -0.05) is 33.6 Å². The van der Waals surface area contributed by atoms with Crippen molar-refractivity contribution in [3.8, 4) is 0 Å². The summed E-state index contributed by atoms with van der Waals surface area (Å²) in [4.78, 5) is 2.85. The van der Waals surface area contributed by atoms with Gasteiger partial charge in [0.25, 0.3) is 0 Å². The third kappa shape index (κ3) is 3.72. The number of nitrogens with one attached hydrogen (secondary N) is 1. The van der Waals surface area contributed by atoms with Crippen molar-refractivity contribution in [1.82, 2.24) is 10.2 Å². The Morgan fingerprint density at radius 3 is 2.58 bits per heavy atom. The Balaban J connectivity index is 1.98. The van der Waals surface area contributed by atoms with Crippen LogP contribution in [0.15, 0.2) is 0 Å². The van der Waals surface area contributed by atoms with E-state index in [1.165, 1.54) is 58.2 Å². The SMILES string of the molecule is CCCC(C)CN1CC(CCC)NCC1(C)C1CC1. The van der Waals surface area contributed by atoms with Gasteiger partial charge in [-0.25, -0.2) is 0 Å². The fourth-order valence-electron chi connectivity index (χ4n) is 3.89. The van der Waals surface area contributed by atoms with Crippen LogP contribution in [0, 0.1) is 11.8 Å². The summed E-state index contributed by atoms with van der Waals surface area (Å²) in [7, 11) is 0. The molecule has 1 heterocycles. The first kappa shape index (κ1) is 15.3. The first-order chi connectivity index (χ1) is 9.10. The van der Waals surface area contributed by atoms with Gasteiger partial charge in [0, 0.05) is 31.2 Å². The molecule has 0 aromatic carbocycles. The Morgan fingerprint density at radius 2 is 2.00 bits per heavy atom. The average Bonchev–Trinajstić information content (AvgIpc) is 3.18. The van der Waals surface area contributed by atoms with E-state index in [9.17, 15) is 0 Å². The van der Waals surface area contributed by atoms with Crippen molar-refractivity contribution in [3.63, 3.8) is 0 Å². The van der Waals surface area contributed by atoms with Crippen LogP contribution in [0.2, 0.25) is 0 Å². The molecule has 2 heteroatoms. The van der Waals surface area contributed by atoms with E-state index in [0.717, 1.165) is 17.9 Å². The van der Waals surface area contributed by atoms with Crippen LogP contribution in [-0.2, 0) is 0 Å². The minimum atomic E-state index is 0.437. The monoisotopic (exact) mass is 266 g/mol. The van der Waals surface area contributed by atoms with Gasteiger partial charge in [-0.05, 0) is 44.4 Å². The second kappa shape index (κ2) is 6.58. The van der Waals surface area contributed by atoms with Crippen molar-refractivity contribution < 1.29 is 0 Å². The van der Waals surface area contributed by atoms with Crippen LogP contribution in [0.4, 0.5) is 0 Å². The Bertz CT molecular complexity index is 272. The van der Waals surface area contributed by atoms with E-state index in [-0.39, 0.29) is 0 Å². The minimum Gasteiger partial charge on any atom is -0.311 e.